The van der Waals surface area contributed by atoms with Crippen LogP contribution in [0.25, 0.3) is 10.8 Å². The molecular formula is C22H25N3O4. The molecule has 2 aromatic rings. The van der Waals surface area contributed by atoms with Crippen molar-refractivity contribution < 1.29 is 19.1 Å². The minimum atomic E-state index is -0.670. The molecule has 152 valence electrons. The van der Waals surface area contributed by atoms with Gasteiger partial charge < -0.3 is 19.9 Å². The average molecular weight is 395 g/mol. The smallest absolute Gasteiger partial charge is 0.410 e. The summed E-state index contributed by atoms with van der Waals surface area (Å²) < 4.78 is 5.64. The van der Waals surface area contributed by atoms with E-state index in [1.165, 1.54) is 4.90 Å². The zero-order valence-corrected chi connectivity index (χ0v) is 16.6. The summed E-state index contributed by atoms with van der Waals surface area (Å²) in [5.41, 5.74) is 0. The maximum atomic E-state index is 12.8. The molecule has 0 spiro atoms. The highest BCUT2D eigenvalue weighted by Crippen LogP contribution is 2.27. The predicted molar refractivity (Wildman–Crippen MR) is 108 cm³/mol. The van der Waals surface area contributed by atoms with Crippen molar-refractivity contribution in [3.63, 3.8) is 0 Å². The van der Waals surface area contributed by atoms with E-state index in [-0.39, 0.29) is 24.3 Å². The molecule has 3 atom stereocenters. The van der Waals surface area contributed by atoms with Crippen LogP contribution in [-0.4, -0.2) is 59.4 Å². The van der Waals surface area contributed by atoms with Crippen LogP contribution < -0.4 is 10.1 Å². The van der Waals surface area contributed by atoms with Crippen LogP contribution in [0.3, 0.4) is 0 Å². The van der Waals surface area contributed by atoms with Crippen molar-refractivity contribution in [2.45, 2.75) is 32.4 Å². The van der Waals surface area contributed by atoms with Crippen molar-refractivity contribution in [2.75, 3.05) is 19.6 Å². The van der Waals surface area contributed by atoms with Crippen LogP contribution in [0.15, 0.2) is 42.5 Å². The summed E-state index contributed by atoms with van der Waals surface area (Å²) in [5, 5.41) is 4.67. The first-order valence-corrected chi connectivity index (χ1v) is 10.0. The van der Waals surface area contributed by atoms with Crippen molar-refractivity contribution in [3.05, 3.63) is 42.5 Å². The summed E-state index contributed by atoms with van der Waals surface area (Å²) in [6.45, 7) is 4.76. The summed E-state index contributed by atoms with van der Waals surface area (Å²) in [6, 6.07) is 12.1. The van der Waals surface area contributed by atoms with Crippen LogP contribution in [0.1, 0.15) is 20.3 Å². The lowest BCUT2D eigenvalue weighted by Crippen LogP contribution is -2.70. The molecule has 29 heavy (non-hydrogen) atoms. The molecule has 2 aromatic carbocycles. The Balaban J connectivity index is 1.48. The third kappa shape index (κ3) is 3.52. The molecule has 0 saturated carbocycles. The summed E-state index contributed by atoms with van der Waals surface area (Å²) in [6.07, 6.45) is 0.295. The number of amides is 3. The van der Waals surface area contributed by atoms with Crippen LogP contribution in [0.5, 0.6) is 5.75 Å². The zero-order chi connectivity index (χ0) is 20.5. The van der Waals surface area contributed by atoms with Gasteiger partial charge in [0.2, 0.25) is 11.8 Å². The third-order valence-electron chi connectivity index (χ3n) is 5.95. The molecular weight excluding hydrogens is 370 g/mol. The molecule has 1 N–H and O–H groups in total. The number of nitrogens with one attached hydrogen (secondary N) is 1. The van der Waals surface area contributed by atoms with E-state index < -0.39 is 18.2 Å². The van der Waals surface area contributed by atoms with Crippen molar-refractivity contribution >= 4 is 28.7 Å². The minimum absolute atomic E-state index is 0.0639. The van der Waals surface area contributed by atoms with Gasteiger partial charge in [-0.1, -0.05) is 56.7 Å². The Morgan fingerprint density at radius 3 is 2.72 bits per heavy atom. The molecule has 7 heteroatoms. The number of carbonyl (C=O) groups is 3. The number of nitrogens with zero attached hydrogens (tertiary/aromatic N) is 2. The van der Waals surface area contributed by atoms with Gasteiger partial charge >= 0.3 is 6.09 Å². The maximum absolute atomic E-state index is 12.8. The second kappa shape index (κ2) is 7.73. The number of carbonyl (C=O) groups excluding carboxylic acids is 3. The van der Waals surface area contributed by atoms with E-state index in [1.54, 1.807) is 11.0 Å². The quantitative estimate of drug-likeness (QED) is 0.866. The number of rotatable bonds is 3. The number of piperazine rings is 2. The predicted octanol–water partition coefficient (Wildman–Crippen LogP) is 2.40. The highest BCUT2D eigenvalue weighted by molar-refractivity contribution is 5.98. The van der Waals surface area contributed by atoms with Crippen LogP contribution >= 0.6 is 0 Å². The van der Waals surface area contributed by atoms with Gasteiger partial charge in [0.15, 0.2) is 0 Å². The molecule has 2 aliphatic rings. The highest BCUT2D eigenvalue weighted by atomic mass is 16.6. The first kappa shape index (κ1) is 19.2. The molecule has 0 bridgehead atoms. The van der Waals surface area contributed by atoms with Gasteiger partial charge in [-0.05, 0) is 17.4 Å². The normalized spacial score (nSPS) is 22.8. The fourth-order valence-corrected chi connectivity index (χ4v) is 3.99. The maximum Gasteiger partial charge on any atom is 0.415 e. The molecule has 4 rings (SSSR count). The van der Waals surface area contributed by atoms with Crippen molar-refractivity contribution in [1.82, 2.24) is 15.1 Å². The first-order chi connectivity index (χ1) is 14.0. The molecule has 3 amide bonds. The van der Waals surface area contributed by atoms with Gasteiger partial charge in [-0.15, -0.1) is 0 Å². The zero-order valence-electron chi connectivity index (χ0n) is 16.6. The lowest BCUT2D eigenvalue weighted by atomic mass is 9.93. The highest BCUT2D eigenvalue weighted by Gasteiger charge is 2.45. The van der Waals surface area contributed by atoms with E-state index >= 15 is 0 Å². The van der Waals surface area contributed by atoms with Crippen LogP contribution in [-0.2, 0) is 9.59 Å². The standard InChI is InChI=1S/C22H25N3O4/c1-3-14(2)19-21(27)25-12-11-24(13-17(25)20(26)23-19)22(28)29-18-10-6-8-15-7-4-5-9-16(15)18/h4-10,14,17,19H,3,11-13H2,1-2H3,(H,23,26)/t14-,17+,19-/m0/s1. The van der Waals surface area contributed by atoms with Gasteiger partial charge in [0, 0.05) is 18.5 Å². The molecule has 0 aliphatic carbocycles. The molecule has 2 saturated heterocycles. The van der Waals surface area contributed by atoms with Crippen LogP contribution in [0, 0.1) is 5.92 Å². The third-order valence-corrected chi connectivity index (χ3v) is 5.95. The first-order valence-electron chi connectivity index (χ1n) is 10.0. The Hall–Kier alpha value is -3.09. The Labute approximate surface area is 169 Å². The average Bonchev–Trinajstić information content (AvgIpc) is 2.75. The number of ether oxygens (including phenoxy) is 1. The van der Waals surface area contributed by atoms with E-state index in [1.807, 2.05) is 50.2 Å². The molecule has 2 heterocycles. The largest absolute Gasteiger partial charge is 0.415 e. The lowest BCUT2D eigenvalue weighted by Gasteiger charge is -2.45. The second-order valence-corrected chi connectivity index (χ2v) is 7.71. The Morgan fingerprint density at radius 2 is 1.93 bits per heavy atom. The number of hydrogen-bond donors (Lipinski definition) is 1. The monoisotopic (exact) mass is 395 g/mol. The molecule has 0 unspecified atom stereocenters. The number of hydrogen-bond acceptors (Lipinski definition) is 4. The van der Waals surface area contributed by atoms with Crippen LogP contribution in [0.4, 0.5) is 4.79 Å². The number of fused-ring (bicyclic) bond motifs is 2. The van der Waals surface area contributed by atoms with Crippen molar-refractivity contribution in [1.29, 1.82) is 0 Å². The second-order valence-electron chi connectivity index (χ2n) is 7.71. The molecule has 0 aromatic heterocycles. The van der Waals surface area contributed by atoms with Gasteiger partial charge in [0.1, 0.15) is 17.8 Å². The fourth-order valence-electron chi connectivity index (χ4n) is 3.99. The van der Waals surface area contributed by atoms with Gasteiger partial charge in [0.05, 0.1) is 6.54 Å². The van der Waals surface area contributed by atoms with Crippen molar-refractivity contribution in [2.24, 2.45) is 5.92 Å². The molecule has 0 radical (unpaired) electrons. The van der Waals surface area contributed by atoms with Gasteiger partial charge in [-0.2, -0.15) is 0 Å². The summed E-state index contributed by atoms with van der Waals surface area (Å²) in [7, 11) is 0. The summed E-state index contributed by atoms with van der Waals surface area (Å²) in [4.78, 5) is 41.3. The Morgan fingerprint density at radius 1 is 1.17 bits per heavy atom. The van der Waals surface area contributed by atoms with Crippen molar-refractivity contribution in [3.8, 4) is 5.75 Å². The Kier molecular flexibility index (Phi) is 5.13. The fraction of sp³-hybridized carbons (Fsp3) is 0.409. The molecule has 2 aliphatic heterocycles. The van der Waals surface area contributed by atoms with E-state index in [2.05, 4.69) is 5.32 Å². The van der Waals surface area contributed by atoms with E-state index in [0.717, 1.165) is 17.2 Å². The molecule has 2 fully saturated rings. The summed E-state index contributed by atoms with van der Waals surface area (Å²) in [5.74, 6) is 0.280. The summed E-state index contributed by atoms with van der Waals surface area (Å²) >= 11 is 0. The topological polar surface area (TPSA) is 79.0 Å². The lowest BCUT2D eigenvalue weighted by molar-refractivity contribution is -0.153. The van der Waals surface area contributed by atoms with E-state index in [4.69, 9.17) is 4.74 Å². The van der Waals surface area contributed by atoms with Crippen LogP contribution in [0.2, 0.25) is 0 Å². The van der Waals surface area contributed by atoms with Gasteiger partial charge in [0.25, 0.3) is 0 Å². The number of benzene rings is 2. The SMILES string of the molecule is CC[C@H](C)[C@@H]1NC(=O)[C@H]2CN(C(=O)Oc3cccc4ccccc34)CCN2C1=O. The minimum Gasteiger partial charge on any atom is -0.410 e. The van der Waals surface area contributed by atoms with Gasteiger partial charge in [-0.3, -0.25) is 9.59 Å². The van der Waals surface area contributed by atoms with E-state index in [9.17, 15) is 14.4 Å². The van der Waals surface area contributed by atoms with Gasteiger partial charge in [-0.25, -0.2) is 4.79 Å². The molecule has 7 nitrogen and oxygen atoms in total. The Bertz CT molecular complexity index is 955. The van der Waals surface area contributed by atoms with E-state index in [0.29, 0.717) is 18.8 Å².